The maximum Gasteiger partial charge on any atom is 0.255 e. The Kier molecular flexibility index (Phi) is 3.20. The summed E-state index contributed by atoms with van der Waals surface area (Å²) in [5.41, 5.74) is 2.20. The molecule has 0 bridgehead atoms. The first-order valence-electron chi connectivity index (χ1n) is 5.99. The summed E-state index contributed by atoms with van der Waals surface area (Å²) in [7, 11) is 0. The number of benzene rings is 1. The predicted octanol–water partition coefficient (Wildman–Crippen LogP) is 1.91. The lowest BCUT2D eigenvalue weighted by Gasteiger charge is -2.06. The molecule has 6 nitrogen and oxygen atoms in total. The molecule has 0 aliphatic heterocycles. The quantitative estimate of drug-likeness (QED) is 0.785. The lowest BCUT2D eigenvalue weighted by Crippen LogP contribution is -2.11. The molecule has 0 spiro atoms. The van der Waals surface area contributed by atoms with Crippen molar-refractivity contribution >= 4 is 11.6 Å². The third-order valence-electron chi connectivity index (χ3n) is 2.78. The van der Waals surface area contributed by atoms with Crippen molar-refractivity contribution < 1.29 is 4.79 Å². The summed E-state index contributed by atoms with van der Waals surface area (Å²) in [4.78, 5) is 15.9. The van der Waals surface area contributed by atoms with Crippen LogP contribution in [-0.4, -0.2) is 25.7 Å². The molecule has 0 unspecified atom stereocenters. The van der Waals surface area contributed by atoms with Gasteiger partial charge in [-0.15, -0.1) is 10.2 Å². The van der Waals surface area contributed by atoms with Gasteiger partial charge >= 0.3 is 0 Å². The lowest BCUT2D eigenvalue weighted by molar-refractivity contribution is 0.102. The van der Waals surface area contributed by atoms with Crippen LogP contribution >= 0.6 is 0 Å². The Balaban J connectivity index is 1.76. The van der Waals surface area contributed by atoms with E-state index in [4.69, 9.17) is 0 Å². The van der Waals surface area contributed by atoms with Crippen molar-refractivity contribution in [3.63, 3.8) is 0 Å². The first-order chi connectivity index (χ1) is 9.83. The Morgan fingerprint density at radius 1 is 0.950 bits per heavy atom. The van der Waals surface area contributed by atoms with Crippen molar-refractivity contribution in [1.29, 1.82) is 0 Å². The summed E-state index contributed by atoms with van der Waals surface area (Å²) in [6.45, 7) is 0. The van der Waals surface area contributed by atoms with Gasteiger partial charge < -0.3 is 5.32 Å². The minimum Gasteiger partial charge on any atom is -0.322 e. The van der Waals surface area contributed by atoms with Gasteiger partial charge in [0.15, 0.2) is 0 Å². The number of hydrogen-bond donors (Lipinski definition) is 1. The molecule has 0 saturated heterocycles. The monoisotopic (exact) mass is 265 g/mol. The molecule has 2 heterocycles. The fourth-order valence-electron chi connectivity index (χ4n) is 1.76. The van der Waals surface area contributed by atoms with Gasteiger partial charge in [0.25, 0.3) is 5.91 Å². The largest absolute Gasteiger partial charge is 0.322 e. The van der Waals surface area contributed by atoms with Crippen molar-refractivity contribution in [1.82, 2.24) is 19.7 Å². The highest BCUT2D eigenvalue weighted by molar-refractivity contribution is 6.04. The van der Waals surface area contributed by atoms with E-state index in [-0.39, 0.29) is 5.91 Å². The van der Waals surface area contributed by atoms with Crippen LogP contribution in [0.1, 0.15) is 10.4 Å². The second kappa shape index (κ2) is 5.31. The van der Waals surface area contributed by atoms with Crippen LogP contribution in [0.25, 0.3) is 5.69 Å². The zero-order chi connectivity index (χ0) is 13.8. The van der Waals surface area contributed by atoms with Gasteiger partial charge in [-0.2, -0.15) is 0 Å². The molecule has 98 valence electrons. The van der Waals surface area contributed by atoms with Crippen LogP contribution in [-0.2, 0) is 0 Å². The number of nitrogens with one attached hydrogen (secondary N) is 1. The standard InChI is InChI=1S/C14H11N5O/c20-14(18-12-5-7-15-8-6-12)11-1-3-13(4-2-11)19-9-16-17-10-19/h1-10H,(H,15,18,20). The third kappa shape index (κ3) is 2.54. The van der Waals surface area contributed by atoms with Gasteiger partial charge in [0.1, 0.15) is 12.7 Å². The number of nitrogens with zero attached hydrogens (tertiary/aromatic N) is 4. The van der Waals surface area contributed by atoms with E-state index in [1.54, 1.807) is 53.9 Å². The second-order valence-corrected chi connectivity index (χ2v) is 4.11. The Hall–Kier alpha value is -3.02. The van der Waals surface area contributed by atoms with Gasteiger partial charge in [-0.1, -0.05) is 0 Å². The molecule has 0 atom stereocenters. The Labute approximate surface area is 115 Å². The zero-order valence-corrected chi connectivity index (χ0v) is 10.5. The van der Waals surface area contributed by atoms with Gasteiger partial charge in [-0.3, -0.25) is 14.3 Å². The smallest absolute Gasteiger partial charge is 0.255 e. The minimum absolute atomic E-state index is 0.161. The average molecular weight is 265 g/mol. The molecule has 1 aromatic carbocycles. The number of anilines is 1. The van der Waals surface area contributed by atoms with E-state index < -0.39 is 0 Å². The topological polar surface area (TPSA) is 72.7 Å². The number of carbonyl (C=O) groups excluding carboxylic acids is 1. The maximum absolute atomic E-state index is 12.0. The number of aromatic nitrogens is 4. The Bertz CT molecular complexity index is 692. The SMILES string of the molecule is O=C(Nc1ccncc1)c1ccc(-n2cnnc2)cc1. The van der Waals surface area contributed by atoms with Crippen molar-refractivity contribution in [2.75, 3.05) is 5.32 Å². The average Bonchev–Trinajstić information content (AvgIpc) is 3.03. The van der Waals surface area contributed by atoms with E-state index in [1.807, 2.05) is 12.1 Å². The number of rotatable bonds is 3. The van der Waals surface area contributed by atoms with E-state index in [0.29, 0.717) is 11.3 Å². The molecular formula is C14H11N5O. The van der Waals surface area contributed by atoms with Gasteiger partial charge in [0.05, 0.1) is 0 Å². The number of carbonyl (C=O) groups is 1. The fourth-order valence-corrected chi connectivity index (χ4v) is 1.76. The first-order valence-corrected chi connectivity index (χ1v) is 5.99. The molecular weight excluding hydrogens is 254 g/mol. The molecule has 0 radical (unpaired) electrons. The van der Waals surface area contributed by atoms with Crippen molar-refractivity contribution in [3.05, 3.63) is 67.0 Å². The van der Waals surface area contributed by atoms with E-state index in [2.05, 4.69) is 20.5 Å². The molecule has 2 aromatic heterocycles. The van der Waals surface area contributed by atoms with Gasteiger partial charge in [0, 0.05) is 29.3 Å². The number of hydrogen-bond acceptors (Lipinski definition) is 4. The highest BCUT2D eigenvalue weighted by atomic mass is 16.1. The van der Waals surface area contributed by atoms with Gasteiger partial charge in [-0.05, 0) is 36.4 Å². The summed E-state index contributed by atoms with van der Waals surface area (Å²) < 4.78 is 1.77. The van der Waals surface area contributed by atoms with Gasteiger partial charge in [-0.25, -0.2) is 0 Å². The second-order valence-electron chi connectivity index (χ2n) is 4.11. The van der Waals surface area contributed by atoms with Crippen LogP contribution in [0.15, 0.2) is 61.4 Å². The molecule has 0 aliphatic carbocycles. The summed E-state index contributed by atoms with van der Waals surface area (Å²) in [6.07, 6.45) is 6.47. The minimum atomic E-state index is -0.161. The molecule has 6 heteroatoms. The van der Waals surface area contributed by atoms with Crippen LogP contribution in [0.4, 0.5) is 5.69 Å². The molecule has 20 heavy (non-hydrogen) atoms. The molecule has 3 aromatic rings. The summed E-state index contributed by atoms with van der Waals surface area (Å²) in [5.74, 6) is -0.161. The van der Waals surface area contributed by atoms with E-state index in [0.717, 1.165) is 5.69 Å². The molecule has 0 fully saturated rings. The van der Waals surface area contributed by atoms with Crippen molar-refractivity contribution in [2.24, 2.45) is 0 Å². The predicted molar refractivity (Wildman–Crippen MR) is 73.5 cm³/mol. The first kappa shape index (κ1) is 12.0. The van der Waals surface area contributed by atoms with Crippen LogP contribution in [0.2, 0.25) is 0 Å². The number of pyridine rings is 1. The van der Waals surface area contributed by atoms with Crippen molar-refractivity contribution in [3.8, 4) is 5.69 Å². The fraction of sp³-hybridized carbons (Fsp3) is 0. The lowest BCUT2D eigenvalue weighted by atomic mass is 10.2. The maximum atomic E-state index is 12.0. The van der Waals surface area contributed by atoms with Crippen LogP contribution in [0, 0.1) is 0 Å². The molecule has 3 rings (SSSR count). The van der Waals surface area contributed by atoms with Crippen LogP contribution < -0.4 is 5.32 Å². The highest BCUT2D eigenvalue weighted by Crippen LogP contribution is 2.11. The summed E-state index contributed by atoms with van der Waals surface area (Å²) in [5, 5.41) is 10.3. The van der Waals surface area contributed by atoms with Crippen molar-refractivity contribution in [2.45, 2.75) is 0 Å². The van der Waals surface area contributed by atoms with E-state index in [9.17, 15) is 4.79 Å². The van der Waals surface area contributed by atoms with Crippen LogP contribution in [0.5, 0.6) is 0 Å². The molecule has 0 aliphatic rings. The summed E-state index contributed by atoms with van der Waals surface area (Å²) >= 11 is 0. The number of amides is 1. The zero-order valence-electron chi connectivity index (χ0n) is 10.5. The normalized spacial score (nSPS) is 10.2. The molecule has 1 N–H and O–H groups in total. The molecule has 0 saturated carbocycles. The van der Waals surface area contributed by atoms with Crippen LogP contribution in [0.3, 0.4) is 0 Å². The third-order valence-corrected chi connectivity index (χ3v) is 2.78. The van der Waals surface area contributed by atoms with E-state index in [1.165, 1.54) is 0 Å². The Morgan fingerprint density at radius 2 is 1.60 bits per heavy atom. The Morgan fingerprint density at radius 3 is 2.25 bits per heavy atom. The molecule has 1 amide bonds. The highest BCUT2D eigenvalue weighted by Gasteiger charge is 2.06. The van der Waals surface area contributed by atoms with E-state index >= 15 is 0 Å². The summed E-state index contributed by atoms with van der Waals surface area (Å²) in [6, 6.07) is 10.7. The van der Waals surface area contributed by atoms with Gasteiger partial charge in [0.2, 0.25) is 0 Å².